The number of fused-ring (bicyclic) bond motifs is 2. The lowest BCUT2D eigenvalue weighted by Crippen LogP contribution is -2.13. The summed E-state index contributed by atoms with van der Waals surface area (Å²) in [5.74, 6) is 0.0616. The maximum absolute atomic E-state index is 12.9. The number of benzene rings is 1. The van der Waals surface area contributed by atoms with E-state index in [0.29, 0.717) is 32.1 Å². The van der Waals surface area contributed by atoms with Gasteiger partial charge >= 0.3 is 5.97 Å². The molecule has 0 aliphatic carbocycles. The summed E-state index contributed by atoms with van der Waals surface area (Å²) in [7, 11) is 0. The second-order valence-electron chi connectivity index (χ2n) is 7.48. The number of thioether (sulfide) groups is 1. The fourth-order valence-corrected chi connectivity index (χ4v) is 5.66. The largest absolute Gasteiger partial charge is 0.462 e. The normalized spacial score (nSPS) is 12.3. The van der Waals surface area contributed by atoms with Gasteiger partial charge in [-0.1, -0.05) is 30.0 Å². The van der Waals surface area contributed by atoms with Gasteiger partial charge in [-0.2, -0.15) is 5.10 Å². The first-order valence-electron chi connectivity index (χ1n) is 10.6. The van der Waals surface area contributed by atoms with E-state index in [2.05, 4.69) is 25.0 Å². The molecule has 9 nitrogen and oxygen atoms in total. The number of hydrogen-bond acceptors (Lipinski definition) is 9. The maximum Gasteiger partial charge on any atom is 0.348 e. The lowest BCUT2D eigenvalue weighted by molar-refractivity contribution is 0.0531. The molecular weight excluding hydrogens is 472 g/mol. The van der Waals surface area contributed by atoms with Crippen LogP contribution in [0.4, 0.5) is 0 Å². The maximum atomic E-state index is 12.9. The van der Waals surface area contributed by atoms with Crippen LogP contribution in [0, 0.1) is 6.92 Å². The Morgan fingerprint density at radius 1 is 1.26 bits per heavy atom. The van der Waals surface area contributed by atoms with Gasteiger partial charge in [0, 0.05) is 0 Å². The first-order chi connectivity index (χ1) is 16.5. The number of para-hydroxylation sites is 1. The van der Waals surface area contributed by atoms with Crippen molar-refractivity contribution in [3.63, 3.8) is 0 Å². The van der Waals surface area contributed by atoms with E-state index >= 15 is 0 Å². The van der Waals surface area contributed by atoms with Crippen LogP contribution in [0.1, 0.15) is 40.2 Å². The summed E-state index contributed by atoms with van der Waals surface area (Å²) in [6, 6.07) is 9.75. The third kappa shape index (κ3) is 3.86. The van der Waals surface area contributed by atoms with Crippen LogP contribution in [-0.2, 0) is 4.74 Å². The predicted molar refractivity (Wildman–Crippen MR) is 132 cm³/mol. The highest BCUT2D eigenvalue weighted by Gasteiger charge is 2.22. The van der Waals surface area contributed by atoms with Crippen molar-refractivity contribution in [2.24, 2.45) is 0 Å². The molecule has 0 aliphatic heterocycles. The van der Waals surface area contributed by atoms with Crippen LogP contribution in [-0.4, -0.2) is 42.3 Å². The summed E-state index contributed by atoms with van der Waals surface area (Å²) in [5, 5.41) is 6.23. The van der Waals surface area contributed by atoms with E-state index in [-0.39, 0.29) is 17.4 Å². The number of thiophene rings is 1. The number of nitrogens with one attached hydrogen (secondary N) is 1. The molecule has 5 aromatic rings. The number of carbonyl (C=O) groups excluding carboxylic acids is 1. The number of aromatic nitrogens is 6. The number of esters is 1. The summed E-state index contributed by atoms with van der Waals surface area (Å²) in [5.41, 5.74) is 1.91. The van der Waals surface area contributed by atoms with Crippen molar-refractivity contribution in [2.75, 3.05) is 6.61 Å². The topological polar surface area (TPSA) is 116 Å². The molecule has 0 unspecified atom stereocenters. The molecule has 1 atom stereocenters. The van der Waals surface area contributed by atoms with Crippen LogP contribution in [0.15, 0.2) is 52.7 Å². The minimum atomic E-state index is -0.440. The van der Waals surface area contributed by atoms with E-state index in [9.17, 15) is 9.59 Å². The Bertz CT molecular complexity index is 1570. The number of aromatic amines is 1. The molecule has 11 heteroatoms. The molecule has 4 heterocycles. The standard InChI is InChI=1S/C23H20N6O3S2/c1-4-32-23(31)17-12(2)16-20(30)27-18(28-22(16)34-17)13(3)33-21-15-10-26-29(19(15)24-11-25-21)14-8-6-5-7-9-14/h5-11,13H,4H2,1-3H3,(H,27,28,30)/t13-/m1/s1. The molecule has 172 valence electrons. The Balaban J connectivity index is 1.49. The Labute approximate surface area is 202 Å². The van der Waals surface area contributed by atoms with Crippen LogP contribution in [0.25, 0.3) is 26.9 Å². The molecule has 0 spiro atoms. The molecule has 1 aromatic carbocycles. The quantitative estimate of drug-likeness (QED) is 0.210. The summed E-state index contributed by atoms with van der Waals surface area (Å²) in [6.07, 6.45) is 3.25. The summed E-state index contributed by atoms with van der Waals surface area (Å²) in [4.78, 5) is 42.4. The van der Waals surface area contributed by atoms with E-state index in [1.807, 2.05) is 37.3 Å². The second-order valence-corrected chi connectivity index (χ2v) is 9.80. The number of ether oxygens (including phenoxy) is 1. The summed E-state index contributed by atoms with van der Waals surface area (Å²) in [6.45, 7) is 5.69. The van der Waals surface area contributed by atoms with Gasteiger partial charge in [0.25, 0.3) is 5.56 Å². The first kappa shape index (κ1) is 22.2. The molecule has 0 fully saturated rings. The monoisotopic (exact) mass is 492 g/mol. The van der Waals surface area contributed by atoms with Gasteiger partial charge in [-0.05, 0) is 38.5 Å². The molecule has 0 saturated carbocycles. The third-order valence-corrected chi connectivity index (χ3v) is 7.57. The fourth-order valence-electron chi connectivity index (χ4n) is 3.64. The van der Waals surface area contributed by atoms with Gasteiger partial charge in [0.05, 0.1) is 34.5 Å². The Morgan fingerprint density at radius 3 is 2.82 bits per heavy atom. The molecule has 0 radical (unpaired) electrons. The van der Waals surface area contributed by atoms with Crippen LogP contribution in [0.5, 0.6) is 0 Å². The Hall–Kier alpha value is -3.57. The smallest absolute Gasteiger partial charge is 0.348 e. The zero-order valence-corrected chi connectivity index (χ0v) is 20.2. The Kier molecular flexibility index (Phi) is 5.88. The highest BCUT2D eigenvalue weighted by molar-refractivity contribution is 7.99. The molecule has 34 heavy (non-hydrogen) atoms. The van der Waals surface area contributed by atoms with E-state index in [0.717, 1.165) is 16.1 Å². The van der Waals surface area contributed by atoms with Crippen molar-refractivity contribution in [3.8, 4) is 5.69 Å². The second kappa shape index (κ2) is 8.99. The number of carbonyl (C=O) groups is 1. The average molecular weight is 493 g/mol. The van der Waals surface area contributed by atoms with Crippen molar-refractivity contribution in [3.05, 3.63) is 69.5 Å². The fraction of sp³-hybridized carbons (Fsp3) is 0.217. The van der Waals surface area contributed by atoms with Crippen molar-refractivity contribution < 1.29 is 9.53 Å². The third-order valence-electron chi connectivity index (χ3n) is 5.28. The van der Waals surface area contributed by atoms with Crippen LogP contribution < -0.4 is 5.56 Å². The molecule has 0 amide bonds. The van der Waals surface area contributed by atoms with Crippen molar-refractivity contribution >= 4 is 50.3 Å². The van der Waals surface area contributed by atoms with Gasteiger partial charge in [0.2, 0.25) is 0 Å². The summed E-state index contributed by atoms with van der Waals surface area (Å²) < 4.78 is 6.88. The number of aryl methyl sites for hydroxylation is 1. The highest BCUT2D eigenvalue weighted by Crippen LogP contribution is 2.36. The summed E-state index contributed by atoms with van der Waals surface area (Å²) >= 11 is 2.63. The van der Waals surface area contributed by atoms with Crippen molar-refractivity contribution in [2.45, 2.75) is 31.0 Å². The molecule has 0 saturated heterocycles. The Morgan fingerprint density at radius 2 is 2.06 bits per heavy atom. The van der Waals surface area contributed by atoms with Gasteiger partial charge in [-0.3, -0.25) is 4.79 Å². The van der Waals surface area contributed by atoms with Gasteiger partial charge < -0.3 is 9.72 Å². The zero-order chi connectivity index (χ0) is 23.8. The first-order valence-corrected chi connectivity index (χ1v) is 12.3. The van der Waals surface area contributed by atoms with Crippen LogP contribution in [0.2, 0.25) is 0 Å². The SMILES string of the molecule is CCOC(=O)c1sc2nc([C@@H](C)Sc3ncnc4c3cnn4-c3ccccc3)[nH]c(=O)c2c1C. The highest BCUT2D eigenvalue weighted by atomic mass is 32.2. The van der Waals surface area contributed by atoms with Gasteiger partial charge in [0.15, 0.2) is 5.65 Å². The van der Waals surface area contributed by atoms with Crippen molar-refractivity contribution in [1.29, 1.82) is 0 Å². The average Bonchev–Trinajstić information content (AvgIpc) is 3.42. The molecule has 0 aliphatic rings. The van der Waals surface area contributed by atoms with Crippen molar-refractivity contribution in [1.82, 2.24) is 29.7 Å². The van der Waals surface area contributed by atoms with E-state index in [4.69, 9.17) is 4.74 Å². The number of H-pyrrole nitrogens is 1. The predicted octanol–water partition coefficient (Wildman–Crippen LogP) is 4.45. The molecule has 4 aromatic heterocycles. The lowest BCUT2D eigenvalue weighted by atomic mass is 10.2. The minimum absolute atomic E-state index is 0.219. The molecule has 5 rings (SSSR count). The van der Waals surface area contributed by atoms with E-state index in [1.54, 1.807) is 24.7 Å². The van der Waals surface area contributed by atoms with Crippen LogP contribution in [0.3, 0.4) is 0 Å². The number of rotatable bonds is 6. The molecule has 1 N–H and O–H groups in total. The van der Waals surface area contributed by atoms with Crippen LogP contribution >= 0.6 is 23.1 Å². The lowest BCUT2D eigenvalue weighted by Gasteiger charge is -2.10. The van der Waals surface area contributed by atoms with E-state index < -0.39 is 5.97 Å². The van der Waals surface area contributed by atoms with Gasteiger partial charge in [-0.25, -0.2) is 24.4 Å². The van der Waals surface area contributed by atoms with E-state index in [1.165, 1.54) is 29.4 Å². The molecular formula is C23H20N6O3S2. The van der Waals surface area contributed by atoms with Gasteiger partial charge in [0.1, 0.15) is 26.9 Å². The van der Waals surface area contributed by atoms with Gasteiger partial charge in [-0.15, -0.1) is 11.3 Å². The zero-order valence-electron chi connectivity index (χ0n) is 18.6. The number of hydrogen-bond donors (Lipinski definition) is 1. The molecule has 0 bridgehead atoms. The minimum Gasteiger partial charge on any atom is -0.462 e. The number of nitrogens with zero attached hydrogens (tertiary/aromatic N) is 5.